The molecule has 5 heteroatoms. The molecule has 4 nitrogen and oxygen atoms in total. The number of benzene rings is 1. The molecule has 0 amide bonds. The van der Waals surface area contributed by atoms with Crippen LogP contribution in [0.3, 0.4) is 0 Å². The number of methoxy groups -OCH3 is 2. The molecule has 0 fully saturated rings. The van der Waals surface area contributed by atoms with Gasteiger partial charge >= 0.3 is 11.9 Å². The van der Waals surface area contributed by atoms with Crippen molar-refractivity contribution in [3.8, 4) is 0 Å². The molecule has 17 heavy (non-hydrogen) atoms. The number of hydrogen-bond acceptors (Lipinski definition) is 4. The van der Waals surface area contributed by atoms with Gasteiger partial charge in [-0.25, -0.2) is 9.59 Å². The predicted octanol–water partition coefficient (Wildman–Crippen LogP) is 2.28. The molecule has 1 radical (unpaired) electrons. The van der Waals surface area contributed by atoms with E-state index in [1.54, 1.807) is 0 Å². The smallest absolute Gasteiger partial charge is 0.337 e. The third-order valence-corrected chi connectivity index (χ3v) is 1.73. The number of rotatable bonds is 2. The average molecular weight is 275 g/mol. The van der Waals surface area contributed by atoms with Gasteiger partial charge in [-0.05, 0) is 24.3 Å². The van der Waals surface area contributed by atoms with Crippen molar-refractivity contribution in [1.82, 2.24) is 0 Å². The second kappa shape index (κ2) is 9.93. The minimum atomic E-state index is -0.429. The van der Waals surface area contributed by atoms with E-state index >= 15 is 0 Å². The number of esters is 2. The molecule has 0 aliphatic rings. The molecule has 93 valence electrons. The molecular formula is C12H16O4V. The molecule has 1 rings (SSSR count). The zero-order valence-electron chi connectivity index (χ0n) is 10.4. The largest absolute Gasteiger partial charge is 0.465 e. The number of ether oxygens (including phenoxy) is 2. The van der Waals surface area contributed by atoms with Crippen LogP contribution < -0.4 is 0 Å². The van der Waals surface area contributed by atoms with E-state index in [-0.39, 0.29) is 18.6 Å². The number of carbonyl (C=O) groups excluding carboxylic acids is 2. The molecule has 1 aromatic rings. The van der Waals surface area contributed by atoms with Crippen LogP contribution in [-0.4, -0.2) is 26.2 Å². The molecule has 0 N–H and O–H groups in total. The third-order valence-electron chi connectivity index (χ3n) is 1.73. The average Bonchev–Trinajstić information content (AvgIpc) is 2.39. The van der Waals surface area contributed by atoms with E-state index in [0.29, 0.717) is 11.1 Å². The van der Waals surface area contributed by atoms with E-state index in [9.17, 15) is 9.59 Å². The zero-order valence-corrected chi connectivity index (χ0v) is 11.8. The Bertz CT molecular complexity index is 311. The van der Waals surface area contributed by atoms with Crippen molar-refractivity contribution >= 4 is 11.9 Å². The first-order valence-electron chi connectivity index (χ1n) is 4.95. The van der Waals surface area contributed by atoms with Crippen LogP contribution in [0.2, 0.25) is 0 Å². The van der Waals surface area contributed by atoms with Gasteiger partial charge in [0, 0.05) is 18.6 Å². The normalized spacial score (nSPS) is 8.00. The van der Waals surface area contributed by atoms with Gasteiger partial charge in [-0.1, -0.05) is 13.8 Å². The maximum Gasteiger partial charge on any atom is 0.337 e. The maximum absolute atomic E-state index is 11.0. The van der Waals surface area contributed by atoms with Gasteiger partial charge in [0.1, 0.15) is 0 Å². The summed E-state index contributed by atoms with van der Waals surface area (Å²) < 4.78 is 9.02. The quantitative estimate of drug-likeness (QED) is 0.777. The van der Waals surface area contributed by atoms with Crippen molar-refractivity contribution in [2.45, 2.75) is 13.8 Å². The van der Waals surface area contributed by atoms with E-state index in [0.717, 1.165) is 0 Å². The molecule has 0 aliphatic heterocycles. The van der Waals surface area contributed by atoms with Crippen LogP contribution in [0, 0.1) is 0 Å². The van der Waals surface area contributed by atoms with Gasteiger partial charge in [-0.2, -0.15) is 0 Å². The fourth-order valence-corrected chi connectivity index (χ4v) is 0.978. The Hall–Kier alpha value is -1.26. The Morgan fingerprint density at radius 3 is 1.24 bits per heavy atom. The molecule has 0 aliphatic carbocycles. The Labute approximate surface area is 113 Å². The summed E-state index contributed by atoms with van der Waals surface area (Å²) in [6.07, 6.45) is 0. The van der Waals surface area contributed by atoms with Gasteiger partial charge in [0.05, 0.1) is 25.3 Å². The molecule has 0 bridgehead atoms. The van der Waals surface area contributed by atoms with Crippen molar-refractivity contribution in [2.24, 2.45) is 0 Å². The summed E-state index contributed by atoms with van der Waals surface area (Å²) in [5.74, 6) is -0.858. The Balaban J connectivity index is 0. The van der Waals surface area contributed by atoms with E-state index in [1.165, 1.54) is 38.5 Å². The van der Waals surface area contributed by atoms with Gasteiger partial charge in [-0.15, -0.1) is 0 Å². The van der Waals surface area contributed by atoms with Crippen LogP contribution in [0.1, 0.15) is 34.6 Å². The van der Waals surface area contributed by atoms with E-state index in [2.05, 4.69) is 9.47 Å². The van der Waals surface area contributed by atoms with Crippen molar-refractivity contribution in [3.05, 3.63) is 35.4 Å². The molecular weight excluding hydrogens is 259 g/mol. The van der Waals surface area contributed by atoms with Crippen LogP contribution in [0.25, 0.3) is 0 Å². The van der Waals surface area contributed by atoms with Crippen molar-refractivity contribution in [1.29, 1.82) is 0 Å². The van der Waals surface area contributed by atoms with Crippen LogP contribution in [0.4, 0.5) is 0 Å². The van der Waals surface area contributed by atoms with Gasteiger partial charge in [0.2, 0.25) is 0 Å². The summed E-state index contributed by atoms with van der Waals surface area (Å²) in [7, 11) is 2.60. The topological polar surface area (TPSA) is 52.6 Å². The monoisotopic (exact) mass is 275 g/mol. The molecule has 0 saturated carbocycles. The first-order chi connectivity index (χ1) is 7.69. The molecule has 0 aromatic heterocycles. The van der Waals surface area contributed by atoms with Gasteiger partial charge < -0.3 is 9.47 Å². The Morgan fingerprint density at radius 2 is 1.06 bits per heavy atom. The molecule has 1 aromatic carbocycles. The molecule has 0 saturated heterocycles. The molecule has 0 heterocycles. The minimum Gasteiger partial charge on any atom is -0.465 e. The number of hydrogen-bond donors (Lipinski definition) is 0. The molecule has 0 spiro atoms. The SMILES string of the molecule is CC.COC(=O)c1ccc(C(=O)OC)cc1.[V]. The summed E-state index contributed by atoms with van der Waals surface area (Å²) in [5, 5.41) is 0. The van der Waals surface area contributed by atoms with Crippen LogP contribution in [0.5, 0.6) is 0 Å². The minimum absolute atomic E-state index is 0. The van der Waals surface area contributed by atoms with Gasteiger partial charge in [0.15, 0.2) is 0 Å². The van der Waals surface area contributed by atoms with Crippen LogP contribution >= 0.6 is 0 Å². The van der Waals surface area contributed by atoms with E-state index < -0.39 is 11.9 Å². The van der Waals surface area contributed by atoms with Gasteiger partial charge in [-0.3, -0.25) is 0 Å². The molecule has 0 unspecified atom stereocenters. The standard InChI is InChI=1S/C10H10O4.C2H6.V/c1-13-9(11)7-3-5-8(6-4-7)10(12)14-2;1-2;/h3-6H,1-2H3;1-2H3;. The second-order valence-corrected chi connectivity index (χ2v) is 2.56. The molecule has 0 atom stereocenters. The third kappa shape index (κ3) is 5.56. The van der Waals surface area contributed by atoms with Gasteiger partial charge in [0.25, 0.3) is 0 Å². The van der Waals surface area contributed by atoms with Crippen molar-refractivity contribution in [2.75, 3.05) is 14.2 Å². The van der Waals surface area contributed by atoms with Crippen molar-refractivity contribution < 1.29 is 37.6 Å². The van der Waals surface area contributed by atoms with Crippen LogP contribution in [-0.2, 0) is 28.0 Å². The summed E-state index contributed by atoms with van der Waals surface area (Å²) in [5.41, 5.74) is 0.806. The second-order valence-electron chi connectivity index (χ2n) is 2.56. The first kappa shape index (κ1) is 18.1. The predicted molar refractivity (Wildman–Crippen MR) is 60.5 cm³/mol. The summed E-state index contributed by atoms with van der Waals surface area (Å²) in [4.78, 5) is 22.1. The summed E-state index contributed by atoms with van der Waals surface area (Å²) in [6.45, 7) is 4.00. The first-order valence-corrected chi connectivity index (χ1v) is 4.95. The number of carbonyl (C=O) groups is 2. The fourth-order valence-electron chi connectivity index (χ4n) is 0.978. The van der Waals surface area contributed by atoms with Crippen molar-refractivity contribution in [3.63, 3.8) is 0 Å². The zero-order chi connectivity index (χ0) is 12.6. The maximum atomic E-state index is 11.0. The Kier molecular flexibility index (Phi) is 10.6. The Morgan fingerprint density at radius 1 is 0.824 bits per heavy atom. The van der Waals surface area contributed by atoms with E-state index in [1.807, 2.05) is 13.8 Å². The fraction of sp³-hybridized carbons (Fsp3) is 0.333. The van der Waals surface area contributed by atoms with E-state index in [4.69, 9.17) is 0 Å². The van der Waals surface area contributed by atoms with Crippen LogP contribution in [0.15, 0.2) is 24.3 Å². The summed E-state index contributed by atoms with van der Waals surface area (Å²) in [6, 6.07) is 6.05. The summed E-state index contributed by atoms with van der Waals surface area (Å²) >= 11 is 0.